The summed E-state index contributed by atoms with van der Waals surface area (Å²) >= 11 is 0. The van der Waals surface area contributed by atoms with Gasteiger partial charge in [-0.3, -0.25) is 4.90 Å². The Bertz CT molecular complexity index is 746. The van der Waals surface area contributed by atoms with Crippen molar-refractivity contribution in [3.63, 3.8) is 0 Å². The number of halogens is 1. The van der Waals surface area contributed by atoms with Crippen LogP contribution in [0.2, 0.25) is 0 Å². The Hall–Kier alpha value is -2.07. The van der Waals surface area contributed by atoms with Crippen LogP contribution in [0, 0.1) is 5.82 Å². The zero-order valence-electron chi connectivity index (χ0n) is 15.3. The van der Waals surface area contributed by atoms with E-state index in [4.69, 9.17) is 9.47 Å². The number of aryl methyl sites for hydroxylation is 1. The number of rotatable bonds is 5. The molecule has 1 aliphatic heterocycles. The van der Waals surface area contributed by atoms with E-state index < -0.39 is 0 Å². The standard InChI is InChI=1S/C22H26FNO2/c1-25-20-9-6-16-4-5-17(22(16)13-20)14-24-12-2-3-21(15-24)26-19-10-7-18(23)8-11-19/h6-11,13,17,21H,2-5,12,14-15H2,1H3/t17?,21-/m0/s1. The van der Waals surface area contributed by atoms with Gasteiger partial charge >= 0.3 is 0 Å². The van der Waals surface area contributed by atoms with Crippen LogP contribution in [0.3, 0.4) is 0 Å². The van der Waals surface area contributed by atoms with E-state index in [0.29, 0.717) is 5.92 Å². The van der Waals surface area contributed by atoms with Crippen molar-refractivity contribution in [1.82, 2.24) is 4.90 Å². The van der Waals surface area contributed by atoms with Crippen LogP contribution in [0.5, 0.6) is 11.5 Å². The van der Waals surface area contributed by atoms with Crippen molar-refractivity contribution in [2.45, 2.75) is 37.7 Å². The minimum atomic E-state index is -0.224. The van der Waals surface area contributed by atoms with E-state index in [9.17, 15) is 4.39 Å². The van der Waals surface area contributed by atoms with Gasteiger partial charge in [-0.1, -0.05) is 6.07 Å². The quantitative estimate of drug-likeness (QED) is 0.793. The van der Waals surface area contributed by atoms with E-state index in [1.807, 2.05) is 0 Å². The minimum Gasteiger partial charge on any atom is -0.497 e. The molecule has 0 radical (unpaired) electrons. The molecule has 1 fully saturated rings. The highest BCUT2D eigenvalue weighted by atomic mass is 19.1. The number of hydrogen-bond acceptors (Lipinski definition) is 3. The first-order valence-corrected chi connectivity index (χ1v) is 9.52. The molecule has 1 unspecified atom stereocenters. The first-order valence-electron chi connectivity index (χ1n) is 9.52. The smallest absolute Gasteiger partial charge is 0.123 e. The highest BCUT2D eigenvalue weighted by molar-refractivity contribution is 5.41. The molecule has 3 nitrogen and oxygen atoms in total. The lowest BCUT2D eigenvalue weighted by molar-refractivity contribution is 0.0845. The van der Waals surface area contributed by atoms with Crippen molar-refractivity contribution in [2.75, 3.05) is 26.7 Å². The van der Waals surface area contributed by atoms with Crippen molar-refractivity contribution < 1.29 is 13.9 Å². The van der Waals surface area contributed by atoms with Crippen molar-refractivity contribution in [1.29, 1.82) is 0 Å². The average molecular weight is 355 g/mol. The molecule has 0 saturated carbocycles. The Labute approximate surface area is 154 Å². The molecule has 0 amide bonds. The van der Waals surface area contributed by atoms with Crippen molar-refractivity contribution >= 4 is 0 Å². The molecule has 0 spiro atoms. The Morgan fingerprint density at radius 3 is 2.69 bits per heavy atom. The molecule has 2 aromatic rings. The fourth-order valence-electron chi connectivity index (χ4n) is 4.27. The molecule has 0 aromatic heterocycles. The second-order valence-corrected chi connectivity index (χ2v) is 7.40. The number of hydrogen-bond donors (Lipinski definition) is 0. The lowest BCUT2D eigenvalue weighted by Gasteiger charge is -2.34. The summed E-state index contributed by atoms with van der Waals surface area (Å²) in [6.45, 7) is 3.13. The van der Waals surface area contributed by atoms with Gasteiger partial charge in [0.05, 0.1) is 7.11 Å². The van der Waals surface area contributed by atoms with Gasteiger partial charge in [0.1, 0.15) is 23.4 Å². The Balaban J connectivity index is 1.38. The van der Waals surface area contributed by atoms with E-state index in [1.165, 1.54) is 29.7 Å². The van der Waals surface area contributed by atoms with Crippen LogP contribution in [0.4, 0.5) is 4.39 Å². The number of methoxy groups -OCH3 is 1. The van der Waals surface area contributed by atoms with Crippen LogP contribution >= 0.6 is 0 Å². The van der Waals surface area contributed by atoms with Gasteiger partial charge in [0, 0.05) is 13.1 Å². The molecule has 4 heteroatoms. The van der Waals surface area contributed by atoms with Gasteiger partial charge in [-0.25, -0.2) is 4.39 Å². The summed E-state index contributed by atoms with van der Waals surface area (Å²) < 4.78 is 24.5. The molecular formula is C22H26FNO2. The van der Waals surface area contributed by atoms with Crippen molar-refractivity contribution in [3.8, 4) is 11.5 Å². The summed E-state index contributed by atoms with van der Waals surface area (Å²) in [5.74, 6) is 2.06. The lowest BCUT2D eigenvalue weighted by atomic mass is 9.98. The highest BCUT2D eigenvalue weighted by Gasteiger charge is 2.28. The van der Waals surface area contributed by atoms with Crippen LogP contribution in [0.15, 0.2) is 42.5 Å². The Morgan fingerprint density at radius 1 is 1.08 bits per heavy atom. The summed E-state index contributed by atoms with van der Waals surface area (Å²) in [5, 5.41) is 0. The maximum Gasteiger partial charge on any atom is 0.123 e. The van der Waals surface area contributed by atoms with Crippen molar-refractivity contribution in [2.24, 2.45) is 0 Å². The first-order chi connectivity index (χ1) is 12.7. The summed E-state index contributed by atoms with van der Waals surface area (Å²) in [4.78, 5) is 2.52. The number of likely N-dealkylation sites (tertiary alicyclic amines) is 1. The molecule has 138 valence electrons. The first kappa shape index (κ1) is 17.3. The largest absolute Gasteiger partial charge is 0.497 e. The van der Waals surface area contributed by atoms with E-state index in [-0.39, 0.29) is 11.9 Å². The topological polar surface area (TPSA) is 21.7 Å². The van der Waals surface area contributed by atoms with E-state index >= 15 is 0 Å². The summed E-state index contributed by atoms with van der Waals surface area (Å²) in [7, 11) is 1.73. The summed E-state index contributed by atoms with van der Waals surface area (Å²) in [5.41, 5.74) is 2.91. The van der Waals surface area contributed by atoms with E-state index in [0.717, 1.165) is 50.4 Å². The lowest BCUT2D eigenvalue weighted by Crippen LogP contribution is -2.42. The fraction of sp³-hybridized carbons (Fsp3) is 0.455. The molecule has 2 aliphatic rings. The molecule has 1 heterocycles. The third-order valence-corrected chi connectivity index (χ3v) is 5.61. The van der Waals surface area contributed by atoms with Crippen LogP contribution in [0.1, 0.15) is 36.3 Å². The average Bonchev–Trinajstić information content (AvgIpc) is 3.06. The molecular weight excluding hydrogens is 329 g/mol. The number of piperidine rings is 1. The second kappa shape index (κ2) is 7.67. The molecule has 2 aromatic carbocycles. The van der Waals surface area contributed by atoms with E-state index in [2.05, 4.69) is 23.1 Å². The maximum atomic E-state index is 13.1. The van der Waals surface area contributed by atoms with Crippen LogP contribution in [-0.2, 0) is 6.42 Å². The second-order valence-electron chi connectivity index (χ2n) is 7.40. The fourth-order valence-corrected chi connectivity index (χ4v) is 4.27. The zero-order valence-corrected chi connectivity index (χ0v) is 15.3. The minimum absolute atomic E-state index is 0.181. The van der Waals surface area contributed by atoms with Gasteiger partial charge in [0.25, 0.3) is 0 Å². The van der Waals surface area contributed by atoms with Crippen LogP contribution < -0.4 is 9.47 Å². The van der Waals surface area contributed by atoms with Crippen LogP contribution in [-0.4, -0.2) is 37.7 Å². The molecule has 1 saturated heterocycles. The van der Waals surface area contributed by atoms with Gasteiger partial charge < -0.3 is 9.47 Å². The number of ether oxygens (including phenoxy) is 2. The zero-order chi connectivity index (χ0) is 17.9. The predicted octanol–water partition coefficient (Wildman–Crippen LogP) is 4.41. The predicted molar refractivity (Wildman–Crippen MR) is 101 cm³/mol. The van der Waals surface area contributed by atoms with Gasteiger partial charge in [0.15, 0.2) is 0 Å². The van der Waals surface area contributed by atoms with E-state index in [1.54, 1.807) is 19.2 Å². The normalized spacial score (nSPS) is 22.8. The summed E-state index contributed by atoms with van der Waals surface area (Å²) in [6.07, 6.45) is 4.75. The molecule has 1 aliphatic carbocycles. The third-order valence-electron chi connectivity index (χ3n) is 5.61. The Morgan fingerprint density at radius 2 is 1.88 bits per heavy atom. The summed E-state index contributed by atoms with van der Waals surface area (Å²) in [6, 6.07) is 12.8. The molecule has 0 bridgehead atoms. The molecule has 4 rings (SSSR count). The molecule has 0 N–H and O–H groups in total. The number of fused-ring (bicyclic) bond motifs is 1. The molecule has 2 atom stereocenters. The van der Waals surface area contributed by atoms with Crippen molar-refractivity contribution in [3.05, 3.63) is 59.4 Å². The number of benzene rings is 2. The SMILES string of the molecule is COc1ccc2c(c1)C(CN1CCC[C@H](Oc3ccc(F)cc3)C1)CC2. The highest BCUT2D eigenvalue weighted by Crippen LogP contribution is 2.36. The van der Waals surface area contributed by atoms with Gasteiger partial charge in [-0.15, -0.1) is 0 Å². The van der Waals surface area contributed by atoms with Gasteiger partial charge in [-0.05, 0) is 85.7 Å². The number of nitrogens with zero attached hydrogens (tertiary/aromatic N) is 1. The van der Waals surface area contributed by atoms with Gasteiger partial charge in [0.2, 0.25) is 0 Å². The third kappa shape index (κ3) is 3.85. The molecule has 26 heavy (non-hydrogen) atoms. The maximum absolute atomic E-state index is 13.1. The van der Waals surface area contributed by atoms with Crippen LogP contribution in [0.25, 0.3) is 0 Å². The Kier molecular flexibility index (Phi) is 5.11. The monoisotopic (exact) mass is 355 g/mol. The van der Waals surface area contributed by atoms with Gasteiger partial charge in [-0.2, -0.15) is 0 Å².